The van der Waals surface area contributed by atoms with Gasteiger partial charge in [0.15, 0.2) is 0 Å². The maximum Gasteiger partial charge on any atom is 0.265 e. The van der Waals surface area contributed by atoms with E-state index in [1.54, 1.807) is 37.0 Å². The third kappa shape index (κ3) is 3.17. The van der Waals surface area contributed by atoms with Gasteiger partial charge in [0, 0.05) is 19.8 Å². The molecule has 1 aromatic carbocycles. The Balaban J connectivity index is 2.46. The van der Waals surface area contributed by atoms with E-state index >= 15 is 0 Å². The van der Waals surface area contributed by atoms with Crippen molar-refractivity contribution < 1.29 is 13.2 Å². The first kappa shape index (κ1) is 15.3. The number of nitrogens with two attached hydrogens (primary N) is 1. The van der Waals surface area contributed by atoms with E-state index in [-0.39, 0.29) is 17.2 Å². The molecule has 0 spiro atoms. The molecule has 2 rings (SSSR count). The zero-order chi connectivity index (χ0) is 15.6. The van der Waals surface area contributed by atoms with Gasteiger partial charge in [-0.2, -0.15) is 5.10 Å². The number of hydrogen-bond acceptors (Lipinski definition) is 5. The first-order valence-electron chi connectivity index (χ1n) is 6.27. The highest BCUT2D eigenvalue weighted by atomic mass is 32.2. The summed E-state index contributed by atoms with van der Waals surface area (Å²) in [7, 11) is -0.637. The van der Waals surface area contributed by atoms with E-state index in [0.717, 1.165) is 0 Å². The van der Waals surface area contributed by atoms with Gasteiger partial charge in [0.05, 0.1) is 18.5 Å². The SMILES string of the molecule is COc1ccc(CN)cc1S(=O)(=O)Nc1cn(C)nc1C. The lowest BCUT2D eigenvalue weighted by Crippen LogP contribution is -2.15. The topological polar surface area (TPSA) is 99.2 Å². The summed E-state index contributed by atoms with van der Waals surface area (Å²) in [5.41, 5.74) is 7.29. The monoisotopic (exact) mass is 310 g/mol. The van der Waals surface area contributed by atoms with E-state index in [2.05, 4.69) is 9.82 Å². The first-order chi connectivity index (χ1) is 9.87. The smallest absolute Gasteiger partial charge is 0.265 e. The van der Waals surface area contributed by atoms with Gasteiger partial charge >= 0.3 is 0 Å². The fourth-order valence-corrected chi connectivity index (χ4v) is 3.28. The predicted molar refractivity (Wildman–Crippen MR) is 79.6 cm³/mol. The van der Waals surface area contributed by atoms with Gasteiger partial charge in [-0.3, -0.25) is 9.40 Å². The summed E-state index contributed by atoms with van der Waals surface area (Å²) in [5, 5.41) is 4.10. The minimum Gasteiger partial charge on any atom is -0.495 e. The third-order valence-electron chi connectivity index (χ3n) is 3.01. The molecule has 0 saturated heterocycles. The Morgan fingerprint density at radius 1 is 1.43 bits per heavy atom. The molecule has 0 radical (unpaired) electrons. The van der Waals surface area contributed by atoms with Crippen molar-refractivity contribution in [3.8, 4) is 5.75 Å². The fraction of sp³-hybridized carbons (Fsp3) is 0.308. The average molecular weight is 310 g/mol. The number of benzene rings is 1. The molecule has 8 heteroatoms. The number of sulfonamides is 1. The summed E-state index contributed by atoms with van der Waals surface area (Å²) in [6, 6.07) is 4.83. The fourth-order valence-electron chi connectivity index (χ4n) is 1.96. The van der Waals surface area contributed by atoms with Gasteiger partial charge in [-0.25, -0.2) is 8.42 Å². The molecule has 0 aliphatic rings. The highest BCUT2D eigenvalue weighted by Crippen LogP contribution is 2.27. The highest BCUT2D eigenvalue weighted by molar-refractivity contribution is 7.92. The van der Waals surface area contributed by atoms with Crippen LogP contribution in [0.25, 0.3) is 0 Å². The van der Waals surface area contributed by atoms with Gasteiger partial charge in [-0.05, 0) is 24.6 Å². The van der Waals surface area contributed by atoms with Crippen LogP contribution in [0.2, 0.25) is 0 Å². The second kappa shape index (κ2) is 5.74. The number of hydrogen-bond donors (Lipinski definition) is 2. The van der Waals surface area contributed by atoms with Crippen LogP contribution in [-0.2, 0) is 23.6 Å². The Hall–Kier alpha value is -2.06. The Kier molecular flexibility index (Phi) is 4.19. The molecule has 0 amide bonds. The van der Waals surface area contributed by atoms with Crippen LogP contribution >= 0.6 is 0 Å². The van der Waals surface area contributed by atoms with Gasteiger partial charge in [0.25, 0.3) is 10.0 Å². The summed E-state index contributed by atoms with van der Waals surface area (Å²) in [6.45, 7) is 1.98. The molecule has 114 valence electrons. The molecule has 0 atom stereocenters. The quantitative estimate of drug-likeness (QED) is 0.858. The second-order valence-corrected chi connectivity index (χ2v) is 6.25. The summed E-state index contributed by atoms with van der Waals surface area (Å²) >= 11 is 0. The highest BCUT2D eigenvalue weighted by Gasteiger charge is 2.21. The normalized spacial score (nSPS) is 11.4. The van der Waals surface area contributed by atoms with Crippen molar-refractivity contribution in [1.82, 2.24) is 9.78 Å². The second-order valence-electron chi connectivity index (χ2n) is 4.60. The van der Waals surface area contributed by atoms with Crippen molar-refractivity contribution in [3.05, 3.63) is 35.7 Å². The minimum atomic E-state index is -3.78. The molecule has 0 saturated carbocycles. The molecule has 0 aliphatic carbocycles. The van der Waals surface area contributed by atoms with Crippen molar-refractivity contribution in [2.45, 2.75) is 18.4 Å². The van der Waals surface area contributed by atoms with Crippen LogP contribution in [0.3, 0.4) is 0 Å². The Morgan fingerprint density at radius 2 is 2.14 bits per heavy atom. The maximum atomic E-state index is 12.5. The lowest BCUT2D eigenvalue weighted by molar-refractivity contribution is 0.402. The van der Waals surface area contributed by atoms with Gasteiger partial charge in [-0.1, -0.05) is 6.07 Å². The summed E-state index contributed by atoms with van der Waals surface area (Å²) in [5.74, 6) is 0.265. The van der Waals surface area contributed by atoms with Crippen LogP contribution < -0.4 is 15.2 Å². The number of nitrogens with one attached hydrogen (secondary N) is 1. The lowest BCUT2D eigenvalue weighted by Gasteiger charge is -2.12. The third-order valence-corrected chi connectivity index (χ3v) is 4.40. The van der Waals surface area contributed by atoms with Gasteiger partial charge in [0.1, 0.15) is 10.6 Å². The van der Waals surface area contributed by atoms with Crippen LogP contribution in [-0.4, -0.2) is 25.3 Å². The molecule has 0 aliphatic heterocycles. The number of aryl methyl sites for hydroxylation is 2. The predicted octanol–water partition coefficient (Wildman–Crippen LogP) is 0.997. The largest absolute Gasteiger partial charge is 0.495 e. The van der Waals surface area contributed by atoms with E-state index in [0.29, 0.717) is 16.9 Å². The number of rotatable bonds is 5. The van der Waals surface area contributed by atoms with Crippen LogP contribution in [0.15, 0.2) is 29.3 Å². The van der Waals surface area contributed by atoms with E-state index in [1.165, 1.54) is 13.2 Å². The van der Waals surface area contributed by atoms with Gasteiger partial charge < -0.3 is 10.5 Å². The molecule has 1 heterocycles. The molecule has 7 nitrogen and oxygen atoms in total. The average Bonchev–Trinajstić information content (AvgIpc) is 2.75. The van der Waals surface area contributed by atoms with Crippen molar-refractivity contribution in [2.24, 2.45) is 12.8 Å². The number of anilines is 1. The zero-order valence-electron chi connectivity index (χ0n) is 12.1. The Morgan fingerprint density at radius 3 is 2.67 bits per heavy atom. The Labute approximate surface area is 123 Å². The van der Waals surface area contributed by atoms with E-state index < -0.39 is 10.0 Å². The number of ether oxygens (including phenoxy) is 1. The van der Waals surface area contributed by atoms with Crippen LogP contribution in [0.5, 0.6) is 5.75 Å². The molecular weight excluding hydrogens is 292 g/mol. The van der Waals surface area contributed by atoms with Crippen LogP contribution in [0.1, 0.15) is 11.3 Å². The molecule has 0 unspecified atom stereocenters. The van der Waals surface area contributed by atoms with Gasteiger partial charge in [0.2, 0.25) is 0 Å². The van der Waals surface area contributed by atoms with Crippen molar-refractivity contribution in [3.63, 3.8) is 0 Å². The van der Waals surface area contributed by atoms with Crippen molar-refractivity contribution in [2.75, 3.05) is 11.8 Å². The van der Waals surface area contributed by atoms with E-state index in [1.807, 2.05) is 0 Å². The molecule has 3 N–H and O–H groups in total. The summed E-state index contributed by atoms with van der Waals surface area (Å²) in [4.78, 5) is 0.0520. The Bertz CT molecular complexity index is 753. The van der Waals surface area contributed by atoms with Crippen molar-refractivity contribution >= 4 is 15.7 Å². The summed E-state index contributed by atoms with van der Waals surface area (Å²) < 4.78 is 34.3. The van der Waals surface area contributed by atoms with Crippen LogP contribution in [0, 0.1) is 6.92 Å². The number of nitrogens with zero attached hydrogens (tertiary/aromatic N) is 2. The van der Waals surface area contributed by atoms with Crippen LogP contribution in [0.4, 0.5) is 5.69 Å². The maximum absolute atomic E-state index is 12.5. The van der Waals surface area contributed by atoms with Gasteiger partial charge in [-0.15, -0.1) is 0 Å². The molecule has 0 bridgehead atoms. The van der Waals surface area contributed by atoms with E-state index in [9.17, 15) is 8.42 Å². The molecular formula is C13H18N4O3S. The van der Waals surface area contributed by atoms with E-state index in [4.69, 9.17) is 10.5 Å². The number of methoxy groups -OCH3 is 1. The molecule has 0 fully saturated rings. The lowest BCUT2D eigenvalue weighted by atomic mass is 10.2. The summed E-state index contributed by atoms with van der Waals surface area (Å²) in [6.07, 6.45) is 1.60. The zero-order valence-corrected chi connectivity index (χ0v) is 12.9. The first-order valence-corrected chi connectivity index (χ1v) is 7.75. The molecule has 2 aromatic rings. The standard InChI is InChI=1S/C13H18N4O3S/c1-9-11(8-17(2)15-9)16-21(18,19)13-6-10(7-14)4-5-12(13)20-3/h4-6,8,16H,7,14H2,1-3H3. The minimum absolute atomic E-state index is 0.0520. The van der Waals surface area contributed by atoms with Crippen molar-refractivity contribution in [1.29, 1.82) is 0 Å². The molecule has 1 aromatic heterocycles. The number of aromatic nitrogens is 2. The molecule has 21 heavy (non-hydrogen) atoms.